The summed E-state index contributed by atoms with van der Waals surface area (Å²) >= 11 is 0. The molecule has 0 fully saturated rings. The second kappa shape index (κ2) is 16.0. The average Bonchev–Trinajstić information content (AvgIpc) is 3.30. The molecule has 0 aliphatic carbocycles. The summed E-state index contributed by atoms with van der Waals surface area (Å²) in [6.45, 7) is 7.83. The monoisotopic (exact) mass is 527 g/mol. The molecule has 0 bridgehead atoms. The number of amides is 1. The molecule has 0 atom stereocenters. The van der Waals surface area contributed by atoms with E-state index >= 15 is 0 Å². The van der Waals surface area contributed by atoms with Crippen molar-refractivity contribution in [2.24, 2.45) is 0 Å². The zero-order valence-corrected chi connectivity index (χ0v) is 23.2. The van der Waals surface area contributed by atoms with E-state index in [1.165, 1.54) is 69.6 Å². The van der Waals surface area contributed by atoms with Crippen molar-refractivity contribution in [3.05, 3.63) is 78.4 Å². The van der Waals surface area contributed by atoms with Gasteiger partial charge in [0.25, 0.3) is 0 Å². The van der Waals surface area contributed by atoms with E-state index < -0.39 is 10.1 Å². The Morgan fingerprint density at radius 3 is 2.24 bits per heavy atom. The van der Waals surface area contributed by atoms with Crippen LogP contribution in [0.3, 0.4) is 0 Å². The molecule has 1 aromatic heterocycles. The van der Waals surface area contributed by atoms with Crippen molar-refractivity contribution >= 4 is 21.7 Å². The Morgan fingerprint density at radius 2 is 1.62 bits per heavy atom. The number of carbonyl (C=O) groups is 1. The van der Waals surface area contributed by atoms with Crippen molar-refractivity contribution in [2.75, 3.05) is 5.32 Å². The molecule has 202 valence electrons. The third kappa shape index (κ3) is 12.7. The molecule has 1 heterocycles. The van der Waals surface area contributed by atoms with Gasteiger partial charge in [-0.3, -0.25) is 4.79 Å². The first-order valence-corrected chi connectivity index (χ1v) is 14.5. The van der Waals surface area contributed by atoms with Crippen LogP contribution in [0.4, 0.5) is 5.69 Å². The number of benzene rings is 2. The van der Waals surface area contributed by atoms with Crippen LogP contribution in [0.1, 0.15) is 69.9 Å². The van der Waals surface area contributed by atoms with Gasteiger partial charge in [-0.15, -0.1) is 0 Å². The standard InChI is InChI=1S/C22H33N3O.C7H8O3S/c1-3-4-5-6-8-15-24-17-18-25(19-24)16-9-7-10-21-11-13-22(14-12-21)23-20(2)26;1-6-2-4-7(5-3-6)11(8,9)10/h11-14,17-19H,3-10,15-16H2,1-2H3;2-5H,1H3,(H,8,9,10). The third-order valence-electron chi connectivity index (χ3n) is 5.98. The van der Waals surface area contributed by atoms with Crippen LogP contribution in [0.25, 0.3) is 0 Å². The number of imidazole rings is 1. The number of unbranched alkanes of at least 4 members (excludes halogenated alkanes) is 5. The van der Waals surface area contributed by atoms with Crippen molar-refractivity contribution < 1.29 is 22.3 Å². The first-order valence-electron chi connectivity index (χ1n) is 13.1. The fraction of sp³-hybridized carbons (Fsp3) is 0.448. The van der Waals surface area contributed by atoms with Crippen LogP contribution in [-0.4, -0.2) is 23.4 Å². The lowest BCUT2D eigenvalue weighted by molar-refractivity contribution is -0.696. The Labute approximate surface area is 222 Å². The van der Waals surface area contributed by atoms with E-state index in [-0.39, 0.29) is 10.8 Å². The normalized spacial score (nSPS) is 11.0. The first kappa shape index (κ1) is 30.3. The average molecular weight is 528 g/mol. The summed E-state index contributed by atoms with van der Waals surface area (Å²) in [5.41, 5.74) is 3.12. The van der Waals surface area contributed by atoms with Gasteiger partial charge in [-0.25, -0.2) is 17.6 Å². The van der Waals surface area contributed by atoms with Gasteiger partial charge in [0, 0.05) is 12.6 Å². The van der Waals surface area contributed by atoms with Gasteiger partial charge < -0.3 is 9.87 Å². The zero-order chi connectivity index (χ0) is 27.1. The molecule has 0 unspecified atom stereocenters. The molecule has 0 saturated heterocycles. The number of carbonyl (C=O) groups excluding carboxylic acids is 1. The number of nitrogens with zero attached hydrogens (tertiary/aromatic N) is 2. The van der Waals surface area contributed by atoms with E-state index in [1.54, 1.807) is 12.1 Å². The highest BCUT2D eigenvalue weighted by molar-refractivity contribution is 7.85. The Morgan fingerprint density at radius 1 is 0.946 bits per heavy atom. The molecule has 1 N–H and O–H groups in total. The summed E-state index contributed by atoms with van der Waals surface area (Å²) in [5.74, 6) is -0.0253. The van der Waals surface area contributed by atoms with Crippen molar-refractivity contribution in [3.63, 3.8) is 0 Å². The van der Waals surface area contributed by atoms with Gasteiger partial charge in [0.1, 0.15) is 22.5 Å². The van der Waals surface area contributed by atoms with Crippen molar-refractivity contribution in [2.45, 2.75) is 90.1 Å². The fourth-order valence-corrected chi connectivity index (χ4v) is 4.36. The molecular weight excluding hydrogens is 486 g/mol. The van der Waals surface area contributed by atoms with Gasteiger partial charge >= 0.3 is 0 Å². The van der Waals surface area contributed by atoms with Crippen LogP contribution in [0.5, 0.6) is 0 Å². The van der Waals surface area contributed by atoms with Gasteiger partial charge in [0.05, 0.1) is 18.0 Å². The SMILES string of the molecule is CCCCCCC[n+]1ccn(CCCCc2ccc(NC(C)=O)cc2)c1.Cc1ccc(S(=O)(=O)[O-])cc1. The molecule has 8 heteroatoms. The van der Waals surface area contributed by atoms with E-state index in [1.807, 2.05) is 19.1 Å². The molecule has 0 aliphatic rings. The van der Waals surface area contributed by atoms with E-state index in [2.05, 4.69) is 52.2 Å². The molecule has 0 aliphatic heterocycles. The fourth-order valence-electron chi connectivity index (χ4n) is 3.89. The molecule has 0 spiro atoms. The van der Waals surface area contributed by atoms with Crippen LogP contribution in [0, 0.1) is 6.92 Å². The maximum absolute atomic E-state index is 11.0. The zero-order valence-electron chi connectivity index (χ0n) is 22.4. The number of aryl methyl sites for hydroxylation is 4. The summed E-state index contributed by atoms with van der Waals surface area (Å²) < 4.78 is 35.8. The lowest BCUT2D eigenvalue weighted by Gasteiger charge is -2.05. The van der Waals surface area contributed by atoms with E-state index in [9.17, 15) is 17.8 Å². The second-order valence-corrected chi connectivity index (χ2v) is 10.8. The number of hydrogen-bond donors (Lipinski definition) is 1. The molecule has 0 saturated carbocycles. The van der Waals surface area contributed by atoms with Crippen molar-refractivity contribution in [1.82, 2.24) is 4.57 Å². The molecule has 3 aromatic rings. The summed E-state index contributed by atoms with van der Waals surface area (Å²) in [5, 5.41) is 2.80. The lowest BCUT2D eigenvalue weighted by atomic mass is 10.1. The highest BCUT2D eigenvalue weighted by Gasteiger charge is 2.04. The number of hydrogen-bond acceptors (Lipinski definition) is 4. The van der Waals surface area contributed by atoms with Crippen molar-refractivity contribution in [1.29, 1.82) is 0 Å². The smallest absolute Gasteiger partial charge is 0.243 e. The molecule has 37 heavy (non-hydrogen) atoms. The molecule has 1 amide bonds. The third-order valence-corrected chi connectivity index (χ3v) is 6.83. The van der Waals surface area contributed by atoms with Crippen molar-refractivity contribution in [3.8, 4) is 0 Å². The van der Waals surface area contributed by atoms with Gasteiger partial charge in [-0.2, -0.15) is 0 Å². The highest BCUT2D eigenvalue weighted by atomic mass is 32.2. The topological polar surface area (TPSA) is 95.1 Å². The molecular formula is C29H41N3O4S. The molecule has 7 nitrogen and oxygen atoms in total. The van der Waals surface area contributed by atoms with Crippen LogP contribution in [0.15, 0.2) is 72.1 Å². The minimum atomic E-state index is -4.27. The van der Waals surface area contributed by atoms with Crippen LogP contribution in [0.2, 0.25) is 0 Å². The number of rotatable bonds is 13. The summed E-state index contributed by atoms with van der Waals surface area (Å²) in [7, 11) is -4.27. The molecule has 0 radical (unpaired) electrons. The number of aromatic nitrogens is 2. The summed E-state index contributed by atoms with van der Waals surface area (Å²) in [6.07, 6.45) is 16.7. The molecule has 2 aromatic carbocycles. The summed E-state index contributed by atoms with van der Waals surface area (Å²) in [6, 6.07) is 13.9. The highest BCUT2D eigenvalue weighted by Crippen LogP contribution is 2.12. The predicted molar refractivity (Wildman–Crippen MR) is 146 cm³/mol. The Balaban J connectivity index is 0.000000364. The second-order valence-electron chi connectivity index (χ2n) is 9.41. The van der Waals surface area contributed by atoms with Crippen LogP contribution >= 0.6 is 0 Å². The summed E-state index contributed by atoms with van der Waals surface area (Å²) in [4.78, 5) is 10.9. The Bertz CT molecular complexity index is 1170. The van der Waals surface area contributed by atoms with Gasteiger partial charge in [0.15, 0.2) is 0 Å². The Hall–Kier alpha value is -2.97. The molecule has 3 rings (SSSR count). The van der Waals surface area contributed by atoms with E-state index in [4.69, 9.17) is 0 Å². The minimum absolute atomic E-state index is 0.0253. The van der Waals surface area contributed by atoms with E-state index in [0.717, 1.165) is 30.8 Å². The predicted octanol–water partition coefficient (Wildman–Crippen LogP) is 5.63. The number of anilines is 1. The van der Waals surface area contributed by atoms with Crippen LogP contribution in [-0.2, 0) is 34.4 Å². The van der Waals surface area contributed by atoms with E-state index in [0.29, 0.717) is 0 Å². The van der Waals surface area contributed by atoms with Gasteiger partial charge in [-0.05, 0) is 68.9 Å². The minimum Gasteiger partial charge on any atom is -0.744 e. The maximum Gasteiger partial charge on any atom is 0.243 e. The quantitative estimate of drug-likeness (QED) is 0.177. The maximum atomic E-state index is 11.0. The Kier molecular flexibility index (Phi) is 13.1. The van der Waals surface area contributed by atoms with Gasteiger partial charge in [0.2, 0.25) is 12.2 Å². The lowest BCUT2D eigenvalue weighted by Crippen LogP contribution is -2.30. The largest absolute Gasteiger partial charge is 0.744 e. The number of nitrogens with one attached hydrogen (secondary N) is 1. The first-order chi connectivity index (χ1) is 17.7. The van der Waals surface area contributed by atoms with Crippen LogP contribution < -0.4 is 9.88 Å². The van der Waals surface area contributed by atoms with Gasteiger partial charge in [-0.1, -0.05) is 56.0 Å².